The second-order valence-electron chi connectivity index (χ2n) is 5.21. The molecule has 0 atom stereocenters. The summed E-state index contributed by atoms with van der Waals surface area (Å²) in [6.45, 7) is 3.88. The van der Waals surface area contributed by atoms with Gasteiger partial charge in [0.1, 0.15) is 4.99 Å². The lowest BCUT2D eigenvalue weighted by Crippen LogP contribution is -2.15. The van der Waals surface area contributed by atoms with Crippen LogP contribution < -0.4 is 16.0 Å². The number of aryl methyl sites for hydroxylation is 2. The van der Waals surface area contributed by atoms with Crippen molar-refractivity contribution in [2.75, 3.05) is 24.3 Å². The number of hydrogen-bond donors (Lipinski definition) is 2. The van der Waals surface area contributed by atoms with E-state index in [0.29, 0.717) is 4.99 Å². The molecule has 0 bridgehead atoms. The number of hydrogen-bond acceptors (Lipinski definition) is 4. The normalized spacial score (nSPS) is 10.3. The van der Waals surface area contributed by atoms with Gasteiger partial charge in [-0.25, -0.2) is 0 Å². The van der Waals surface area contributed by atoms with Crippen molar-refractivity contribution in [3.05, 3.63) is 47.3 Å². The lowest BCUT2D eigenvalue weighted by atomic mass is 10.1. The number of pyridine rings is 1. The molecular formula is C16H20N4S. The quantitative estimate of drug-likeness (QED) is 0.850. The first kappa shape index (κ1) is 15.3. The Bertz CT molecular complexity index is 680. The summed E-state index contributed by atoms with van der Waals surface area (Å²) in [4.78, 5) is 6.84. The van der Waals surface area contributed by atoms with Crippen LogP contribution in [0, 0.1) is 13.8 Å². The molecule has 0 saturated heterocycles. The molecule has 0 spiro atoms. The summed E-state index contributed by atoms with van der Waals surface area (Å²) in [6, 6.07) is 10.1. The van der Waals surface area contributed by atoms with E-state index < -0.39 is 0 Å². The van der Waals surface area contributed by atoms with Crippen molar-refractivity contribution in [2.45, 2.75) is 13.8 Å². The first-order chi connectivity index (χ1) is 9.88. The number of nitrogens with one attached hydrogen (secondary N) is 1. The van der Waals surface area contributed by atoms with Gasteiger partial charge in [-0.3, -0.25) is 4.98 Å². The van der Waals surface area contributed by atoms with Crippen molar-refractivity contribution in [1.82, 2.24) is 4.98 Å². The second-order valence-corrected chi connectivity index (χ2v) is 5.65. The average molecular weight is 300 g/mol. The summed E-state index contributed by atoms with van der Waals surface area (Å²) in [7, 11) is 4.03. The van der Waals surface area contributed by atoms with Gasteiger partial charge in [0.25, 0.3) is 0 Å². The molecule has 2 rings (SSSR count). The fraction of sp³-hybridized carbons (Fsp3) is 0.250. The largest absolute Gasteiger partial charge is 0.389 e. The molecule has 0 radical (unpaired) electrons. The number of rotatable bonds is 4. The molecule has 21 heavy (non-hydrogen) atoms. The first-order valence-corrected chi connectivity index (χ1v) is 7.12. The fourth-order valence-electron chi connectivity index (χ4n) is 2.26. The molecule has 4 nitrogen and oxygen atoms in total. The molecule has 2 aromatic rings. The van der Waals surface area contributed by atoms with Gasteiger partial charge >= 0.3 is 0 Å². The molecule has 0 fully saturated rings. The minimum absolute atomic E-state index is 0.353. The highest BCUT2D eigenvalue weighted by Gasteiger charge is 2.11. The zero-order valence-electron chi connectivity index (χ0n) is 12.8. The van der Waals surface area contributed by atoms with Gasteiger partial charge in [-0.15, -0.1) is 0 Å². The van der Waals surface area contributed by atoms with Gasteiger partial charge in [-0.05, 0) is 38.1 Å². The Labute approximate surface area is 131 Å². The van der Waals surface area contributed by atoms with E-state index in [1.54, 1.807) is 0 Å². The van der Waals surface area contributed by atoms with Gasteiger partial charge in [0, 0.05) is 36.9 Å². The smallest absolute Gasteiger partial charge is 0.107 e. The monoisotopic (exact) mass is 300 g/mol. The lowest BCUT2D eigenvalue weighted by Gasteiger charge is -2.17. The molecule has 5 heteroatoms. The van der Waals surface area contributed by atoms with E-state index in [1.807, 2.05) is 46.1 Å². The maximum Gasteiger partial charge on any atom is 0.107 e. The first-order valence-electron chi connectivity index (χ1n) is 6.71. The Morgan fingerprint density at radius 1 is 1.24 bits per heavy atom. The standard InChI is InChI=1S/C16H20N4S/c1-10-8-14(15(16(17)21)11(2)18-10)19-12-6-5-7-13(9-12)20(3)4/h5-9H,1-4H3,(H2,17,21)(H,18,19). The highest BCUT2D eigenvalue weighted by atomic mass is 32.1. The molecule has 110 valence electrons. The molecule has 3 N–H and O–H groups in total. The minimum atomic E-state index is 0.353. The molecule has 0 aliphatic heterocycles. The van der Waals surface area contributed by atoms with Gasteiger partial charge in [0.2, 0.25) is 0 Å². The SMILES string of the molecule is Cc1cc(Nc2cccc(N(C)C)c2)c(C(N)=S)c(C)n1. The van der Waals surface area contributed by atoms with Gasteiger partial charge in [-0.2, -0.15) is 0 Å². The topological polar surface area (TPSA) is 54.2 Å². The van der Waals surface area contributed by atoms with E-state index in [1.165, 1.54) is 0 Å². The van der Waals surface area contributed by atoms with Crippen LogP contribution in [0.4, 0.5) is 17.1 Å². The third kappa shape index (κ3) is 3.49. The summed E-state index contributed by atoms with van der Waals surface area (Å²) >= 11 is 5.15. The minimum Gasteiger partial charge on any atom is -0.389 e. The van der Waals surface area contributed by atoms with Gasteiger partial charge < -0.3 is 16.0 Å². The number of anilines is 3. The van der Waals surface area contributed by atoms with Crippen molar-refractivity contribution in [1.29, 1.82) is 0 Å². The molecule has 1 aromatic heterocycles. The van der Waals surface area contributed by atoms with Crippen LogP contribution in [0.25, 0.3) is 0 Å². The highest BCUT2D eigenvalue weighted by molar-refractivity contribution is 7.80. The number of nitrogens with two attached hydrogens (primary N) is 1. The molecule has 0 unspecified atom stereocenters. The Kier molecular flexibility index (Phi) is 4.43. The van der Waals surface area contributed by atoms with Crippen LogP contribution in [0.1, 0.15) is 17.0 Å². The van der Waals surface area contributed by atoms with Crippen molar-refractivity contribution in [2.24, 2.45) is 5.73 Å². The summed E-state index contributed by atoms with van der Waals surface area (Å²) in [5.41, 5.74) is 11.4. The van der Waals surface area contributed by atoms with Crippen LogP contribution in [0.5, 0.6) is 0 Å². The third-order valence-corrected chi connectivity index (χ3v) is 3.42. The Morgan fingerprint density at radius 3 is 2.57 bits per heavy atom. The van der Waals surface area contributed by atoms with Gasteiger partial charge in [0.05, 0.1) is 11.3 Å². The van der Waals surface area contributed by atoms with Crippen LogP contribution in [0.3, 0.4) is 0 Å². The summed E-state index contributed by atoms with van der Waals surface area (Å²) in [5, 5.41) is 3.40. The predicted molar refractivity (Wildman–Crippen MR) is 93.7 cm³/mol. The van der Waals surface area contributed by atoms with Crippen LogP contribution in [0.15, 0.2) is 30.3 Å². The van der Waals surface area contributed by atoms with Crippen LogP contribution in [-0.4, -0.2) is 24.1 Å². The van der Waals surface area contributed by atoms with Crippen LogP contribution in [-0.2, 0) is 0 Å². The Morgan fingerprint density at radius 2 is 1.95 bits per heavy atom. The lowest BCUT2D eigenvalue weighted by molar-refractivity contribution is 1.11. The Balaban J connectivity index is 2.44. The van der Waals surface area contributed by atoms with E-state index >= 15 is 0 Å². The number of nitrogens with zero attached hydrogens (tertiary/aromatic N) is 2. The van der Waals surface area contributed by atoms with E-state index in [4.69, 9.17) is 18.0 Å². The highest BCUT2D eigenvalue weighted by Crippen LogP contribution is 2.26. The Hall–Kier alpha value is -2.14. The van der Waals surface area contributed by atoms with Crippen molar-refractivity contribution >= 4 is 34.3 Å². The molecule has 1 aromatic carbocycles. The van der Waals surface area contributed by atoms with Crippen molar-refractivity contribution in [3.8, 4) is 0 Å². The molecule has 0 aliphatic carbocycles. The predicted octanol–water partition coefficient (Wildman–Crippen LogP) is 3.14. The number of aromatic nitrogens is 1. The molecule has 0 amide bonds. The third-order valence-electron chi connectivity index (χ3n) is 3.22. The summed E-state index contributed by atoms with van der Waals surface area (Å²) in [5.74, 6) is 0. The zero-order valence-corrected chi connectivity index (χ0v) is 13.6. The van der Waals surface area contributed by atoms with E-state index in [-0.39, 0.29) is 0 Å². The molecule has 0 saturated carbocycles. The van der Waals surface area contributed by atoms with Crippen molar-refractivity contribution < 1.29 is 0 Å². The van der Waals surface area contributed by atoms with E-state index in [0.717, 1.165) is 34.0 Å². The zero-order chi connectivity index (χ0) is 15.6. The second kappa shape index (κ2) is 6.10. The van der Waals surface area contributed by atoms with Crippen LogP contribution >= 0.6 is 12.2 Å². The molecule has 0 aliphatic rings. The van der Waals surface area contributed by atoms with Crippen molar-refractivity contribution in [3.63, 3.8) is 0 Å². The molecular weight excluding hydrogens is 280 g/mol. The maximum atomic E-state index is 5.84. The van der Waals surface area contributed by atoms with Gasteiger partial charge in [-0.1, -0.05) is 18.3 Å². The maximum absolute atomic E-state index is 5.84. The summed E-state index contributed by atoms with van der Waals surface area (Å²) in [6.07, 6.45) is 0. The molecule has 1 heterocycles. The van der Waals surface area contributed by atoms with Gasteiger partial charge in [0.15, 0.2) is 0 Å². The fourth-order valence-corrected chi connectivity index (χ4v) is 2.51. The van der Waals surface area contributed by atoms with E-state index in [2.05, 4.69) is 27.3 Å². The summed E-state index contributed by atoms with van der Waals surface area (Å²) < 4.78 is 0. The average Bonchev–Trinajstić information content (AvgIpc) is 2.37. The van der Waals surface area contributed by atoms with E-state index in [9.17, 15) is 0 Å². The van der Waals surface area contributed by atoms with Crippen LogP contribution in [0.2, 0.25) is 0 Å². The number of benzene rings is 1. The number of thiocarbonyl (C=S) groups is 1.